The lowest BCUT2D eigenvalue weighted by molar-refractivity contribution is -0.120. The Morgan fingerprint density at radius 2 is 1.79 bits per heavy atom. The molecule has 0 radical (unpaired) electrons. The van der Waals surface area contributed by atoms with Crippen LogP contribution < -0.4 is 4.90 Å². The van der Waals surface area contributed by atoms with Crippen LogP contribution in [0.4, 0.5) is 19.0 Å². The van der Waals surface area contributed by atoms with Crippen LogP contribution in [0, 0.1) is 0 Å². The molecule has 0 atom stereocenters. The molecule has 1 aromatic heterocycles. The van der Waals surface area contributed by atoms with Crippen molar-refractivity contribution in [3.8, 4) is 0 Å². The van der Waals surface area contributed by atoms with Crippen LogP contribution in [-0.4, -0.2) is 28.7 Å². The van der Waals surface area contributed by atoms with Crippen molar-refractivity contribution >= 4 is 21.7 Å². The van der Waals surface area contributed by atoms with E-state index < -0.39 is 12.7 Å². The monoisotopic (exact) mass is 339 g/mol. The summed E-state index contributed by atoms with van der Waals surface area (Å²) in [6.07, 6.45) is -4.26. The van der Waals surface area contributed by atoms with E-state index in [0.29, 0.717) is 10.4 Å². The highest BCUT2D eigenvalue weighted by atomic mass is 79.9. The molecule has 0 fully saturated rings. The highest BCUT2D eigenvalue weighted by molar-refractivity contribution is 9.10. The van der Waals surface area contributed by atoms with E-state index in [1.54, 1.807) is 13.8 Å². The molecule has 0 aliphatic carbocycles. The van der Waals surface area contributed by atoms with Gasteiger partial charge < -0.3 is 4.90 Å². The van der Waals surface area contributed by atoms with E-state index in [9.17, 15) is 13.2 Å². The van der Waals surface area contributed by atoms with Crippen molar-refractivity contribution in [2.75, 3.05) is 11.4 Å². The van der Waals surface area contributed by atoms with Crippen LogP contribution in [0.25, 0.3) is 0 Å². The van der Waals surface area contributed by atoms with Crippen molar-refractivity contribution in [2.45, 2.75) is 45.8 Å². The third kappa shape index (κ3) is 4.97. The van der Waals surface area contributed by atoms with Crippen LogP contribution in [0.1, 0.15) is 39.4 Å². The minimum atomic E-state index is -4.26. The molecule has 108 valence electrons. The number of nitrogens with zero attached hydrogens (tertiary/aromatic N) is 3. The van der Waals surface area contributed by atoms with Crippen molar-refractivity contribution in [1.29, 1.82) is 0 Å². The zero-order valence-electron chi connectivity index (χ0n) is 11.3. The normalized spacial score (nSPS) is 12.3. The van der Waals surface area contributed by atoms with Gasteiger partial charge in [0, 0.05) is 18.0 Å². The molecule has 0 saturated heterocycles. The molecule has 0 aliphatic rings. The van der Waals surface area contributed by atoms with Crippen LogP contribution in [-0.2, 0) is 0 Å². The average molecular weight is 340 g/mol. The fraction of sp³-hybridized carbons (Fsp3) is 0.667. The number of rotatable bonds is 4. The Morgan fingerprint density at radius 1 is 1.21 bits per heavy atom. The Kier molecular flexibility index (Phi) is 5.18. The first-order chi connectivity index (χ1) is 8.60. The molecular formula is C12H17BrF3N3. The summed E-state index contributed by atoms with van der Waals surface area (Å²) in [7, 11) is 0. The van der Waals surface area contributed by atoms with Gasteiger partial charge in [-0.25, -0.2) is 9.97 Å². The Hall–Kier alpha value is -0.850. The largest absolute Gasteiger partial charge is 0.405 e. The molecule has 0 aliphatic heterocycles. The van der Waals surface area contributed by atoms with Gasteiger partial charge in [-0.2, -0.15) is 13.2 Å². The fourth-order valence-electron chi connectivity index (χ4n) is 1.55. The van der Waals surface area contributed by atoms with E-state index in [-0.39, 0.29) is 17.8 Å². The lowest BCUT2D eigenvalue weighted by Gasteiger charge is -2.29. The molecule has 0 bridgehead atoms. The molecule has 0 N–H and O–H groups in total. The summed E-state index contributed by atoms with van der Waals surface area (Å²) in [5.74, 6) is 0.867. The van der Waals surface area contributed by atoms with E-state index in [0.717, 1.165) is 0 Å². The van der Waals surface area contributed by atoms with Gasteiger partial charge in [0.2, 0.25) is 0 Å². The van der Waals surface area contributed by atoms with Gasteiger partial charge in [0.25, 0.3) is 0 Å². The standard InChI is InChI=1S/C12H17BrF3N3/c1-7(2)11-17-9(13)5-10(18-11)19(8(3)4)6-12(14,15)16/h5,7-8H,6H2,1-4H3. The molecule has 1 heterocycles. The van der Waals surface area contributed by atoms with Crippen molar-refractivity contribution < 1.29 is 13.2 Å². The number of halogens is 4. The first-order valence-corrected chi connectivity index (χ1v) is 6.77. The molecule has 7 heteroatoms. The smallest absolute Gasteiger partial charge is 0.345 e. The summed E-state index contributed by atoms with van der Waals surface area (Å²) >= 11 is 3.22. The van der Waals surface area contributed by atoms with Crippen LogP contribution in [0.15, 0.2) is 10.7 Å². The molecule has 0 aromatic carbocycles. The predicted octanol–water partition coefficient (Wildman–Crippen LogP) is 4.14. The maximum atomic E-state index is 12.6. The summed E-state index contributed by atoms with van der Waals surface area (Å²) in [6.45, 7) is 6.18. The van der Waals surface area contributed by atoms with E-state index in [4.69, 9.17) is 0 Å². The number of aromatic nitrogens is 2. The lowest BCUT2D eigenvalue weighted by atomic mass is 10.2. The van der Waals surface area contributed by atoms with Gasteiger partial charge in [-0.1, -0.05) is 13.8 Å². The van der Waals surface area contributed by atoms with Gasteiger partial charge in [-0.3, -0.25) is 0 Å². The Balaban J connectivity index is 3.16. The fourth-order valence-corrected chi connectivity index (χ4v) is 1.94. The topological polar surface area (TPSA) is 29.0 Å². The van der Waals surface area contributed by atoms with Gasteiger partial charge in [0.1, 0.15) is 22.8 Å². The molecule has 0 unspecified atom stereocenters. The third-order valence-corrected chi connectivity index (χ3v) is 2.89. The van der Waals surface area contributed by atoms with Crippen molar-refractivity contribution in [2.24, 2.45) is 0 Å². The quantitative estimate of drug-likeness (QED) is 0.772. The maximum absolute atomic E-state index is 12.6. The van der Waals surface area contributed by atoms with E-state index in [1.807, 2.05) is 13.8 Å². The van der Waals surface area contributed by atoms with Gasteiger partial charge >= 0.3 is 6.18 Å². The first kappa shape index (κ1) is 16.2. The molecule has 0 amide bonds. The van der Waals surface area contributed by atoms with Crippen molar-refractivity contribution in [1.82, 2.24) is 9.97 Å². The highest BCUT2D eigenvalue weighted by Gasteiger charge is 2.32. The summed E-state index contributed by atoms with van der Waals surface area (Å²) < 4.78 is 38.3. The molecule has 19 heavy (non-hydrogen) atoms. The van der Waals surface area contributed by atoms with E-state index >= 15 is 0 Å². The van der Waals surface area contributed by atoms with Gasteiger partial charge in [0.05, 0.1) is 0 Å². The second-order valence-corrected chi connectivity index (χ2v) is 5.71. The molecule has 1 rings (SSSR count). The van der Waals surface area contributed by atoms with Crippen LogP contribution >= 0.6 is 15.9 Å². The summed E-state index contributed by atoms with van der Waals surface area (Å²) in [6, 6.07) is 1.21. The third-order valence-electron chi connectivity index (χ3n) is 2.48. The summed E-state index contributed by atoms with van der Waals surface area (Å²) in [5, 5.41) is 0. The Morgan fingerprint density at radius 3 is 2.21 bits per heavy atom. The van der Waals surface area contributed by atoms with Crippen LogP contribution in [0.2, 0.25) is 0 Å². The minimum Gasteiger partial charge on any atom is -0.345 e. The number of anilines is 1. The zero-order valence-corrected chi connectivity index (χ0v) is 12.9. The molecule has 0 saturated carbocycles. The summed E-state index contributed by atoms with van der Waals surface area (Å²) in [5.41, 5.74) is 0. The second kappa shape index (κ2) is 6.07. The summed E-state index contributed by atoms with van der Waals surface area (Å²) in [4.78, 5) is 9.61. The highest BCUT2D eigenvalue weighted by Crippen LogP contribution is 2.25. The Labute approximate surface area is 119 Å². The van der Waals surface area contributed by atoms with Crippen molar-refractivity contribution in [3.05, 3.63) is 16.5 Å². The van der Waals surface area contributed by atoms with Gasteiger partial charge in [-0.15, -0.1) is 0 Å². The van der Waals surface area contributed by atoms with Crippen LogP contribution in [0.3, 0.4) is 0 Å². The lowest BCUT2D eigenvalue weighted by Crippen LogP contribution is -2.39. The first-order valence-electron chi connectivity index (χ1n) is 5.98. The molecular weight excluding hydrogens is 323 g/mol. The molecule has 0 spiro atoms. The van der Waals surface area contributed by atoms with E-state index in [1.165, 1.54) is 11.0 Å². The minimum absolute atomic E-state index is 0.0520. The molecule has 1 aromatic rings. The van der Waals surface area contributed by atoms with Crippen molar-refractivity contribution in [3.63, 3.8) is 0 Å². The van der Waals surface area contributed by atoms with Gasteiger partial charge in [-0.05, 0) is 29.8 Å². The number of hydrogen-bond acceptors (Lipinski definition) is 3. The number of hydrogen-bond donors (Lipinski definition) is 0. The zero-order chi connectivity index (χ0) is 14.8. The predicted molar refractivity (Wildman–Crippen MR) is 72.4 cm³/mol. The SMILES string of the molecule is CC(C)c1nc(Br)cc(N(CC(F)(F)F)C(C)C)n1. The molecule has 3 nitrogen and oxygen atoms in total. The average Bonchev–Trinajstić information content (AvgIpc) is 2.23. The van der Waals surface area contributed by atoms with E-state index in [2.05, 4.69) is 25.9 Å². The Bertz CT molecular complexity index is 433. The number of alkyl halides is 3. The maximum Gasteiger partial charge on any atom is 0.405 e. The van der Waals surface area contributed by atoms with Crippen LogP contribution in [0.5, 0.6) is 0 Å². The van der Waals surface area contributed by atoms with Gasteiger partial charge in [0.15, 0.2) is 0 Å². The second-order valence-electron chi connectivity index (χ2n) is 4.90.